The number of ether oxygens (including phenoxy) is 3. The molecule has 0 saturated heterocycles. The number of nitrogens with two attached hydrogens (primary N) is 1. The summed E-state index contributed by atoms with van der Waals surface area (Å²) in [4.78, 5) is 26.2. The fourth-order valence-electron chi connectivity index (χ4n) is 3.57. The van der Waals surface area contributed by atoms with E-state index in [1.807, 2.05) is 41.5 Å². The lowest BCUT2D eigenvalue weighted by atomic mass is 9.87. The lowest BCUT2D eigenvalue weighted by Gasteiger charge is -2.34. The second kappa shape index (κ2) is 13.0. The van der Waals surface area contributed by atoms with Gasteiger partial charge in [-0.3, -0.25) is 9.59 Å². The third-order valence-electron chi connectivity index (χ3n) is 5.32. The lowest BCUT2D eigenvalue weighted by molar-refractivity contribution is -0.140. The van der Waals surface area contributed by atoms with E-state index in [0.29, 0.717) is 52.2 Å². The summed E-state index contributed by atoms with van der Waals surface area (Å²) in [6.07, 6.45) is 1.86. The Kier molecular flexibility index (Phi) is 12.6. The zero-order chi connectivity index (χ0) is 25.2. The molecular formula is C25H50N2O5. The Bertz CT molecular complexity index is 585. The fourth-order valence-corrected chi connectivity index (χ4v) is 3.57. The van der Waals surface area contributed by atoms with E-state index < -0.39 is 5.72 Å². The molecule has 0 aliphatic rings. The highest BCUT2D eigenvalue weighted by Crippen LogP contribution is 2.25. The Hall–Kier alpha value is -1.02. The summed E-state index contributed by atoms with van der Waals surface area (Å²) in [6, 6.07) is 0. The van der Waals surface area contributed by atoms with Gasteiger partial charge in [-0.1, -0.05) is 34.6 Å². The predicted molar refractivity (Wildman–Crippen MR) is 129 cm³/mol. The molecule has 0 bridgehead atoms. The van der Waals surface area contributed by atoms with Crippen molar-refractivity contribution in [1.29, 1.82) is 0 Å². The fraction of sp³-hybridized carbons (Fsp3) is 0.920. The van der Waals surface area contributed by atoms with Crippen molar-refractivity contribution in [3.8, 4) is 0 Å². The van der Waals surface area contributed by atoms with Crippen LogP contribution in [0, 0.1) is 10.8 Å². The predicted octanol–water partition coefficient (Wildman–Crippen LogP) is 4.17. The van der Waals surface area contributed by atoms with E-state index in [1.54, 1.807) is 18.9 Å². The van der Waals surface area contributed by atoms with Crippen LogP contribution in [0.1, 0.15) is 88.0 Å². The molecular weight excluding hydrogens is 408 g/mol. The van der Waals surface area contributed by atoms with E-state index in [4.69, 9.17) is 19.9 Å². The first-order chi connectivity index (χ1) is 14.4. The Morgan fingerprint density at radius 1 is 0.875 bits per heavy atom. The van der Waals surface area contributed by atoms with Crippen molar-refractivity contribution in [2.45, 2.75) is 99.3 Å². The van der Waals surface area contributed by atoms with Crippen molar-refractivity contribution >= 4 is 11.7 Å². The van der Waals surface area contributed by atoms with E-state index >= 15 is 0 Å². The van der Waals surface area contributed by atoms with E-state index in [2.05, 4.69) is 13.8 Å². The summed E-state index contributed by atoms with van der Waals surface area (Å²) in [6.45, 7) is 20.4. The molecule has 7 heteroatoms. The molecule has 0 aliphatic carbocycles. The minimum atomic E-state index is -1.04. The van der Waals surface area contributed by atoms with Gasteiger partial charge in [0, 0.05) is 38.5 Å². The highest BCUT2D eigenvalue weighted by atomic mass is 16.5. The van der Waals surface area contributed by atoms with Crippen molar-refractivity contribution in [1.82, 2.24) is 4.90 Å². The number of Topliss-reactive ketones (excluding diaryl/α,β-unsaturated/α-hetero) is 1. The van der Waals surface area contributed by atoms with Gasteiger partial charge < -0.3 is 24.8 Å². The monoisotopic (exact) mass is 458 g/mol. The average Bonchev–Trinajstić information content (AvgIpc) is 2.59. The number of carbonyl (C=O) groups excluding carboxylic acids is 2. The number of nitrogens with zero attached hydrogens (tertiary/aromatic N) is 1. The summed E-state index contributed by atoms with van der Waals surface area (Å²) >= 11 is 0. The van der Waals surface area contributed by atoms with Gasteiger partial charge >= 0.3 is 0 Å². The van der Waals surface area contributed by atoms with Crippen LogP contribution in [-0.4, -0.2) is 67.9 Å². The van der Waals surface area contributed by atoms with Crippen LogP contribution in [0.4, 0.5) is 0 Å². The summed E-state index contributed by atoms with van der Waals surface area (Å²) in [7, 11) is 1.78. The quantitative estimate of drug-likeness (QED) is 0.329. The number of carbonyl (C=O) groups is 2. The van der Waals surface area contributed by atoms with E-state index in [1.165, 1.54) is 0 Å². The molecule has 32 heavy (non-hydrogen) atoms. The van der Waals surface area contributed by atoms with Gasteiger partial charge in [-0.05, 0) is 39.5 Å². The van der Waals surface area contributed by atoms with Gasteiger partial charge in [0.25, 0.3) is 0 Å². The molecule has 0 spiro atoms. The molecule has 0 aromatic heterocycles. The zero-order valence-electron chi connectivity index (χ0n) is 22.4. The van der Waals surface area contributed by atoms with E-state index in [-0.39, 0.29) is 34.5 Å². The van der Waals surface area contributed by atoms with Gasteiger partial charge in [-0.2, -0.15) is 0 Å². The van der Waals surface area contributed by atoms with Gasteiger partial charge in [-0.25, -0.2) is 0 Å². The van der Waals surface area contributed by atoms with Gasteiger partial charge in [0.1, 0.15) is 11.5 Å². The molecule has 0 aromatic carbocycles. The van der Waals surface area contributed by atoms with Crippen LogP contribution in [0.15, 0.2) is 0 Å². The second-order valence-corrected chi connectivity index (χ2v) is 11.4. The topological polar surface area (TPSA) is 91.1 Å². The number of hydrogen-bond donors (Lipinski definition) is 1. The minimum Gasteiger partial charge on any atom is -0.380 e. The van der Waals surface area contributed by atoms with Gasteiger partial charge in [0.15, 0.2) is 0 Å². The molecule has 0 rings (SSSR count). The molecule has 1 atom stereocenters. The summed E-state index contributed by atoms with van der Waals surface area (Å²) in [5.41, 5.74) is 4.49. The van der Waals surface area contributed by atoms with Crippen molar-refractivity contribution in [3.63, 3.8) is 0 Å². The van der Waals surface area contributed by atoms with Gasteiger partial charge in [0.05, 0.1) is 31.8 Å². The number of amides is 1. The first-order valence-electron chi connectivity index (χ1n) is 11.8. The van der Waals surface area contributed by atoms with Crippen LogP contribution < -0.4 is 5.73 Å². The molecule has 2 N–H and O–H groups in total. The maximum atomic E-state index is 12.7. The SMILES string of the molecule is CCOC(C)(C)CCOC(C)(N)CC(=O)N(C)CC(C)(C)COCC(C)(C)CC(=O)CC. The van der Waals surface area contributed by atoms with Crippen LogP contribution >= 0.6 is 0 Å². The summed E-state index contributed by atoms with van der Waals surface area (Å²) in [5, 5.41) is 0. The van der Waals surface area contributed by atoms with E-state index in [9.17, 15) is 9.59 Å². The number of ketones is 1. The number of hydrogen-bond acceptors (Lipinski definition) is 6. The van der Waals surface area contributed by atoms with Crippen molar-refractivity contribution in [2.75, 3.05) is 40.0 Å². The van der Waals surface area contributed by atoms with Crippen molar-refractivity contribution < 1.29 is 23.8 Å². The molecule has 1 amide bonds. The molecule has 0 fully saturated rings. The third-order valence-corrected chi connectivity index (χ3v) is 5.32. The molecule has 0 radical (unpaired) electrons. The van der Waals surface area contributed by atoms with Crippen LogP contribution in [-0.2, 0) is 23.8 Å². The zero-order valence-corrected chi connectivity index (χ0v) is 22.4. The maximum absolute atomic E-state index is 12.7. The average molecular weight is 459 g/mol. The Morgan fingerprint density at radius 2 is 1.44 bits per heavy atom. The standard InChI is InChI=1S/C25H50N2O5/c1-11-20(28)15-22(3,4)18-30-19-23(5,6)17-27(10)21(29)16-25(9,26)32-14-13-24(7,8)31-12-2/h11-19,26H2,1-10H3. The Morgan fingerprint density at radius 3 is 1.97 bits per heavy atom. The smallest absolute Gasteiger partial charge is 0.226 e. The summed E-state index contributed by atoms with van der Waals surface area (Å²) in [5.74, 6) is 0.178. The van der Waals surface area contributed by atoms with Gasteiger partial charge in [-0.15, -0.1) is 0 Å². The highest BCUT2D eigenvalue weighted by molar-refractivity contribution is 5.78. The molecule has 1 unspecified atom stereocenters. The third kappa shape index (κ3) is 14.2. The first-order valence-corrected chi connectivity index (χ1v) is 11.8. The maximum Gasteiger partial charge on any atom is 0.226 e. The molecule has 0 aliphatic heterocycles. The van der Waals surface area contributed by atoms with Crippen LogP contribution in [0.25, 0.3) is 0 Å². The first kappa shape index (κ1) is 31.0. The Labute approximate surface area is 196 Å². The lowest BCUT2D eigenvalue weighted by Crippen LogP contribution is -2.47. The van der Waals surface area contributed by atoms with Gasteiger partial charge in [0.2, 0.25) is 5.91 Å². The molecule has 190 valence electrons. The summed E-state index contributed by atoms with van der Waals surface area (Å²) < 4.78 is 17.4. The molecule has 7 nitrogen and oxygen atoms in total. The van der Waals surface area contributed by atoms with Crippen LogP contribution in [0.2, 0.25) is 0 Å². The molecule has 0 aromatic rings. The van der Waals surface area contributed by atoms with Crippen molar-refractivity contribution in [3.05, 3.63) is 0 Å². The second-order valence-electron chi connectivity index (χ2n) is 11.4. The van der Waals surface area contributed by atoms with E-state index in [0.717, 1.165) is 0 Å². The van der Waals surface area contributed by atoms with Crippen LogP contribution in [0.3, 0.4) is 0 Å². The normalized spacial score (nSPS) is 14.8. The molecule has 0 saturated carbocycles. The highest BCUT2D eigenvalue weighted by Gasteiger charge is 2.30. The molecule has 0 heterocycles. The largest absolute Gasteiger partial charge is 0.380 e. The van der Waals surface area contributed by atoms with Crippen LogP contribution in [0.5, 0.6) is 0 Å². The number of rotatable bonds is 17. The van der Waals surface area contributed by atoms with Crippen molar-refractivity contribution in [2.24, 2.45) is 16.6 Å². The minimum absolute atomic E-state index is 0.0685. The Balaban J connectivity index is 4.54.